The molecular weight excluding hydrogens is 731 g/mol. The molecule has 0 aliphatic rings. The summed E-state index contributed by atoms with van der Waals surface area (Å²) in [5.74, 6) is -12.6. The third-order valence-corrected chi connectivity index (χ3v) is 8.43. The van der Waals surface area contributed by atoms with E-state index in [1.807, 2.05) is 0 Å². The van der Waals surface area contributed by atoms with Gasteiger partial charge in [-0.1, -0.05) is 59.3 Å². The van der Waals surface area contributed by atoms with Crippen molar-refractivity contribution in [2.75, 3.05) is 10.6 Å². The van der Waals surface area contributed by atoms with Gasteiger partial charge in [-0.2, -0.15) is 13.2 Å². The van der Waals surface area contributed by atoms with Gasteiger partial charge in [-0.25, -0.2) is 17.6 Å². The number of carbonyl (C=O) groups excluding carboxylic acids is 3. The van der Waals surface area contributed by atoms with Gasteiger partial charge >= 0.3 is 6.18 Å². The SMILES string of the molecule is CCC(Sc1cccc(NC(=O)/C(=C\c2ccc(Br)cc2)NC(=O)c2ccccc2)c1)C(=O)Nc1c(F)c(F)c(C(F)(F)F)c(F)c1F. The van der Waals surface area contributed by atoms with Crippen LogP contribution in [0.25, 0.3) is 6.08 Å². The standard InChI is InChI=1S/C33H23BrF7N3O3S/c1-2-23(32(47)44-29-27(37)25(35)24(33(39,40)41)26(36)28(29)38)48-21-10-6-9-20(16-21)42-31(46)22(15-17-11-13-19(34)14-12-17)43-30(45)18-7-4-3-5-8-18/h3-16,23H,2H2,1H3,(H,42,46)(H,43,45)(H,44,47)/b22-15+. The van der Waals surface area contributed by atoms with Gasteiger partial charge < -0.3 is 16.0 Å². The Kier molecular flexibility index (Phi) is 11.7. The molecule has 0 fully saturated rings. The van der Waals surface area contributed by atoms with Gasteiger partial charge in [0.2, 0.25) is 5.91 Å². The van der Waals surface area contributed by atoms with E-state index in [9.17, 15) is 45.1 Å². The highest BCUT2D eigenvalue weighted by Gasteiger charge is 2.42. The van der Waals surface area contributed by atoms with Crippen molar-refractivity contribution in [3.05, 3.63) is 129 Å². The van der Waals surface area contributed by atoms with Gasteiger partial charge in [-0.05, 0) is 60.5 Å². The Morgan fingerprint density at radius 2 is 1.46 bits per heavy atom. The van der Waals surface area contributed by atoms with Crippen LogP contribution in [-0.2, 0) is 15.8 Å². The lowest BCUT2D eigenvalue weighted by Crippen LogP contribution is -2.30. The Hall–Kier alpha value is -4.63. The molecule has 0 saturated carbocycles. The summed E-state index contributed by atoms with van der Waals surface area (Å²) in [4.78, 5) is 39.5. The van der Waals surface area contributed by atoms with Gasteiger partial charge in [0.15, 0.2) is 23.3 Å². The fourth-order valence-corrected chi connectivity index (χ4v) is 5.47. The molecule has 4 aromatic carbocycles. The average Bonchev–Trinajstić information content (AvgIpc) is 3.05. The van der Waals surface area contributed by atoms with E-state index in [4.69, 9.17) is 0 Å². The number of rotatable bonds is 10. The van der Waals surface area contributed by atoms with Crippen molar-refractivity contribution < 1.29 is 45.1 Å². The Labute approximate surface area is 281 Å². The molecule has 0 aromatic heterocycles. The van der Waals surface area contributed by atoms with Crippen molar-refractivity contribution in [3.8, 4) is 0 Å². The predicted molar refractivity (Wildman–Crippen MR) is 171 cm³/mol. The third kappa shape index (κ3) is 8.83. The number of halogens is 8. The van der Waals surface area contributed by atoms with E-state index in [-0.39, 0.29) is 17.8 Å². The number of nitrogens with one attached hydrogen (secondary N) is 3. The molecule has 0 radical (unpaired) electrons. The van der Waals surface area contributed by atoms with Crippen LogP contribution in [0.4, 0.5) is 42.1 Å². The van der Waals surface area contributed by atoms with Crippen LogP contribution in [0.2, 0.25) is 0 Å². The molecule has 3 amide bonds. The van der Waals surface area contributed by atoms with Crippen molar-refractivity contribution in [1.82, 2.24) is 5.32 Å². The molecule has 250 valence electrons. The maximum absolute atomic E-state index is 14.4. The molecule has 0 aliphatic heterocycles. The quantitative estimate of drug-likeness (QED) is 0.0654. The van der Waals surface area contributed by atoms with Gasteiger partial charge in [-0.15, -0.1) is 11.8 Å². The number of anilines is 2. The number of amides is 3. The van der Waals surface area contributed by atoms with Crippen LogP contribution in [0.1, 0.15) is 34.8 Å². The number of thioether (sulfide) groups is 1. The summed E-state index contributed by atoms with van der Waals surface area (Å²) >= 11 is 4.17. The molecule has 4 aromatic rings. The van der Waals surface area contributed by atoms with E-state index in [0.717, 1.165) is 16.2 Å². The Morgan fingerprint density at radius 1 is 0.833 bits per heavy atom. The third-order valence-electron chi connectivity index (χ3n) is 6.54. The average molecular weight is 755 g/mol. The molecule has 1 unspecified atom stereocenters. The normalized spacial score (nSPS) is 12.3. The van der Waals surface area contributed by atoms with Crippen LogP contribution in [0.15, 0.2) is 93.9 Å². The summed E-state index contributed by atoms with van der Waals surface area (Å²) in [5.41, 5.74) is -3.44. The topological polar surface area (TPSA) is 87.3 Å². The molecule has 0 aliphatic carbocycles. The number of alkyl halides is 3. The van der Waals surface area contributed by atoms with Crippen molar-refractivity contribution in [1.29, 1.82) is 0 Å². The van der Waals surface area contributed by atoms with Gasteiger partial charge in [0.25, 0.3) is 11.8 Å². The number of hydrogen-bond acceptors (Lipinski definition) is 4. The first-order valence-electron chi connectivity index (χ1n) is 13.8. The van der Waals surface area contributed by atoms with E-state index < -0.39 is 63.7 Å². The summed E-state index contributed by atoms with van der Waals surface area (Å²) in [6, 6.07) is 21.1. The minimum atomic E-state index is -5.73. The second-order valence-corrected chi connectivity index (χ2v) is 12.1. The second-order valence-electron chi connectivity index (χ2n) is 9.92. The highest BCUT2D eigenvalue weighted by atomic mass is 79.9. The zero-order valence-electron chi connectivity index (χ0n) is 24.5. The maximum atomic E-state index is 14.4. The first kappa shape index (κ1) is 36.2. The monoisotopic (exact) mass is 753 g/mol. The Morgan fingerprint density at radius 3 is 2.04 bits per heavy atom. The van der Waals surface area contributed by atoms with Crippen LogP contribution in [0.3, 0.4) is 0 Å². The summed E-state index contributed by atoms with van der Waals surface area (Å²) in [5, 5.41) is 5.76. The van der Waals surface area contributed by atoms with E-state index in [0.29, 0.717) is 16.0 Å². The lowest BCUT2D eigenvalue weighted by Gasteiger charge is -2.18. The number of carbonyl (C=O) groups is 3. The molecule has 0 spiro atoms. The highest BCUT2D eigenvalue weighted by molar-refractivity contribution is 9.10. The smallest absolute Gasteiger partial charge is 0.321 e. The summed E-state index contributed by atoms with van der Waals surface area (Å²) in [6.07, 6.45) is -4.26. The molecule has 0 bridgehead atoms. The molecule has 3 N–H and O–H groups in total. The summed E-state index contributed by atoms with van der Waals surface area (Å²) in [6.45, 7) is 1.51. The van der Waals surface area contributed by atoms with E-state index in [1.54, 1.807) is 59.9 Å². The number of hydrogen-bond donors (Lipinski definition) is 3. The maximum Gasteiger partial charge on any atom is 0.422 e. The van der Waals surface area contributed by atoms with E-state index in [2.05, 4.69) is 26.6 Å². The van der Waals surface area contributed by atoms with Crippen LogP contribution < -0.4 is 16.0 Å². The fourth-order valence-electron chi connectivity index (χ4n) is 4.19. The van der Waals surface area contributed by atoms with Gasteiger partial charge in [0.05, 0.1) is 5.25 Å². The molecule has 0 saturated heterocycles. The number of benzene rings is 4. The molecular formula is C33H23BrF7N3O3S. The zero-order valence-corrected chi connectivity index (χ0v) is 26.9. The molecule has 0 heterocycles. The summed E-state index contributed by atoms with van der Waals surface area (Å²) < 4.78 is 96.5. The van der Waals surface area contributed by atoms with Crippen molar-refractivity contribution >= 4 is 62.9 Å². The largest absolute Gasteiger partial charge is 0.422 e. The van der Waals surface area contributed by atoms with Crippen LogP contribution >= 0.6 is 27.7 Å². The second kappa shape index (κ2) is 15.5. The first-order valence-corrected chi connectivity index (χ1v) is 15.5. The van der Waals surface area contributed by atoms with Crippen LogP contribution in [0.5, 0.6) is 0 Å². The lowest BCUT2D eigenvalue weighted by atomic mass is 10.1. The van der Waals surface area contributed by atoms with E-state index in [1.165, 1.54) is 37.3 Å². The molecule has 6 nitrogen and oxygen atoms in total. The fraction of sp³-hybridized carbons (Fsp3) is 0.121. The molecule has 15 heteroatoms. The van der Waals surface area contributed by atoms with Gasteiger partial charge in [0.1, 0.15) is 16.9 Å². The van der Waals surface area contributed by atoms with Crippen LogP contribution in [0, 0.1) is 23.3 Å². The Balaban J connectivity index is 1.53. The molecule has 4 rings (SSSR count). The molecule has 1 atom stereocenters. The Bertz CT molecular complexity index is 1840. The van der Waals surface area contributed by atoms with Gasteiger partial charge in [0, 0.05) is 20.6 Å². The summed E-state index contributed by atoms with van der Waals surface area (Å²) in [7, 11) is 0. The van der Waals surface area contributed by atoms with E-state index >= 15 is 0 Å². The highest BCUT2D eigenvalue weighted by Crippen LogP contribution is 2.39. The lowest BCUT2D eigenvalue weighted by molar-refractivity contribution is -0.143. The van der Waals surface area contributed by atoms with Crippen LogP contribution in [-0.4, -0.2) is 23.0 Å². The van der Waals surface area contributed by atoms with Gasteiger partial charge in [-0.3, -0.25) is 14.4 Å². The van der Waals surface area contributed by atoms with Crippen molar-refractivity contribution in [2.45, 2.75) is 29.7 Å². The predicted octanol–water partition coefficient (Wildman–Crippen LogP) is 8.94. The minimum absolute atomic E-state index is 0.00746. The zero-order chi connectivity index (χ0) is 35.2. The van der Waals surface area contributed by atoms with Crippen molar-refractivity contribution in [2.24, 2.45) is 0 Å². The van der Waals surface area contributed by atoms with Crippen molar-refractivity contribution in [3.63, 3.8) is 0 Å². The molecule has 48 heavy (non-hydrogen) atoms. The first-order chi connectivity index (χ1) is 22.7. The minimum Gasteiger partial charge on any atom is -0.321 e.